The lowest BCUT2D eigenvalue weighted by atomic mass is 9.49. The van der Waals surface area contributed by atoms with E-state index in [0.29, 0.717) is 23.8 Å². The Morgan fingerprint density at radius 1 is 1.05 bits per heavy atom. The first-order valence-electron chi connectivity index (χ1n) is 8.96. The van der Waals surface area contributed by atoms with E-state index in [1.807, 2.05) is 0 Å². The molecule has 5 rings (SSSR count). The molecule has 5 fully saturated rings. The minimum Gasteiger partial charge on any atom is -0.353 e. The molecule has 5 aliphatic rings. The maximum absolute atomic E-state index is 13.0. The van der Waals surface area contributed by atoms with Gasteiger partial charge >= 0.3 is 0 Å². The van der Waals surface area contributed by atoms with Gasteiger partial charge in [0.15, 0.2) is 0 Å². The van der Waals surface area contributed by atoms with E-state index in [1.165, 1.54) is 32.1 Å². The van der Waals surface area contributed by atoms with Crippen LogP contribution < -0.4 is 5.32 Å². The van der Waals surface area contributed by atoms with Crippen molar-refractivity contribution in [2.24, 2.45) is 23.2 Å². The van der Waals surface area contributed by atoms with E-state index in [9.17, 15) is 4.79 Å². The zero-order chi connectivity index (χ0) is 14.7. The molecule has 1 N–H and O–H groups in total. The average Bonchev–Trinajstić information content (AvgIpc) is 2.38. The first-order chi connectivity index (χ1) is 9.96. The Morgan fingerprint density at radius 2 is 1.67 bits per heavy atom. The first kappa shape index (κ1) is 14.4. The number of alkyl halides is 1. The van der Waals surface area contributed by atoms with E-state index in [4.69, 9.17) is 11.6 Å². The molecule has 118 valence electrons. The summed E-state index contributed by atoms with van der Waals surface area (Å²) < 4.78 is 0. The molecular weight excluding hydrogens is 282 g/mol. The lowest BCUT2D eigenvalue weighted by Gasteiger charge is -2.59. The van der Waals surface area contributed by atoms with Gasteiger partial charge in [-0.1, -0.05) is 6.92 Å². The number of hydrogen-bond acceptors (Lipinski definition) is 1. The molecule has 1 amide bonds. The van der Waals surface area contributed by atoms with Crippen LogP contribution in [0.3, 0.4) is 0 Å². The third kappa shape index (κ3) is 2.52. The summed E-state index contributed by atoms with van der Waals surface area (Å²) in [6.45, 7) is 2.33. The fourth-order valence-corrected chi connectivity index (χ4v) is 6.85. The highest BCUT2D eigenvalue weighted by molar-refractivity contribution is 6.24. The summed E-state index contributed by atoms with van der Waals surface area (Å²) in [5.74, 6) is 2.60. The Labute approximate surface area is 133 Å². The van der Waals surface area contributed by atoms with Crippen LogP contribution in [0.2, 0.25) is 0 Å². The van der Waals surface area contributed by atoms with Gasteiger partial charge in [0.1, 0.15) is 0 Å². The number of nitrogens with one attached hydrogen (secondary N) is 1. The molecule has 5 aliphatic carbocycles. The molecule has 21 heavy (non-hydrogen) atoms. The van der Waals surface area contributed by atoms with Gasteiger partial charge in [-0.2, -0.15) is 0 Å². The highest BCUT2D eigenvalue weighted by Crippen LogP contribution is 2.63. The predicted molar refractivity (Wildman–Crippen MR) is 85.3 cm³/mol. The van der Waals surface area contributed by atoms with E-state index in [0.717, 1.165) is 38.0 Å². The Kier molecular flexibility index (Phi) is 3.33. The van der Waals surface area contributed by atoms with Crippen LogP contribution in [0, 0.1) is 23.2 Å². The molecule has 2 unspecified atom stereocenters. The molecule has 0 aromatic carbocycles. The van der Waals surface area contributed by atoms with E-state index in [2.05, 4.69) is 12.2 Å². The molecule has 0 aliphatic heterocycles. The van der Waals surface area contributed by atoms with Crippen LogP contribution >= 0.6 is 11.6 Å². The Morgan fingerprint density at radius 3 is 2.24 bits per heavy atom. The Hall–Kier alpha value is -0.240. The molecule has 2 atom stereocenters. The van der Waals surface area contributed by atoms with Crippen LogP contribution in [0.4, 0.5) is 0 Å². The van der Waals surface area contributed by atoms with Crippen LogP contribution in [-0.4, -0.2) is 16.8 Å². The second-order valence-electron chi connectivity index (χ2n) is 8.82. The van der Waals surface area contributed by atoms with Gasteiger partial charge in [0.05, 0.1) is 5.41 Å². The molecule has 2 nitrogen and oxygen atoms in total. The Bertz CT molecular complexity index is 426. The smallest absolute Gasteiger partial charge is 0.226 e. The van der Waals surface area contributed by atoms with E-state index in [-0.39, 0.29) is 10.3 Å². The van der Waals surface area contributed by atoms with Gasteiger partial charge in [0.25, 0.3) is 0 Å². The van der Waals surface area contributed by atoms with Gasteiger partial charge in [0, 0.05) is 10.9 Å². The standard InChI is InChI=1S/C18H28ClNO/c1-12-2-4-15(5-3-12)20-16(21)17-7-13-6-14(8-17)10-18(19,9-13)11-17/h12-15H,2-11H2,1H3,(H,20,21). The summed E-state index contributed by atoms with van der Waals surface area (Å²) in [6, 6.07) is 0.424. The summed E-state index contributed by atoms with van der Waals surface area (Å²) in [5.41, 5.74) is -0.116. The lowest BCUT2D eigenvalue weighted by Crippen LogP contribution is -2.59. The minimum absolute atomic E-state index is 0.0531. The maximum atomic E-state index is 13.0. The van der Waals surface area contributed by atoms with Crippen LogP contribution in [-0.2, 0) is 4.79 Å². The van der Waals surface area contributed by atoms with E-state index in [1.54, 1.807) is 0 Å². The second-order valence-corrected chi connectivity index (χ2v) is 9.62. The largest absolute Gasteiger partial charge is 0.353 e. The monoisotopic (exact) mass is 309 g/mol. The number of rotatable bonds is 2. The third-order valence-electron chi connectivity index (χ3n) is 6.82. The number of carbonyl (C=O) groups excluding carboxylic acids is 1. The fraction of sp³-hybridized carbons (Fsp3) is 0.944. The molecule has 0 aromatic rings. The van der Waals surface area contributed by atoms with Crippen molar-refractivity contribution in [1.29, 1.82) is 0 Å². The van der Waals surface area contributed by atoms with Crippen molar-refractivity contribution in [3.05, 3.63) is 0 Å². The molecule has 0 aromatic heterocycles. The highest BCUT2D eigenvalue weighted by atomic mass is 35.5. The van der Waals surface area contributed by atoms with Crippen molar-refractivity contribution in [3.63, 3.8) is 0 Å². The van der Waals surface area contributed by atoms with Crippen LogP contribution in [0.15, 0.2) is 0 Å². The van der Waals surface area contributed by atoms with Gasteiger partial charge in [0.2, 0.25) is 5.91 Å². The number of carbonyl (C=O) groups is 1. The number of halogens is 1. The summed E-state index contributed by atoms with van der Waals surface area (Å²) in [7, 11) is 0. The van der Waals surface area contributed by atoms with Crippen LogP contribution in [0.1, 0.15) is 71.1 Å². The molecular formula is C18H28ClNO. The zero-order valence-electron chi connectivity index (χ0n) is 13.2. The molecule has 0 spiro atoms. The van der Waals surface area contributed by atoms with E-state index < -0.39 is 0 Å². The fourth-order valence-electron chi connectivity index (χ4n) is 6.16. The summed E-state index contributed by atoms with van der Waals surface area (Å²) >= 11 is 6.85. The molecule has 3 heteroatoms. The number of hydrogen-bond donors (Lipinski definition) is 1. The molecule has 0 heterocycles. The van der Waals surface area contributed by atoms with E-state index >= 15 is 0 Å². The van der Waals surface area contributed by atoms with Crippen molar-refractivity contribution >= 4 is 17.5 Å². The summed E-state index contributed by atoms with van der Waals surface area (Å²) in [4.78, 5) is 13.0. The van der Waals surface area contributed by atoms with Crippen LogP contribution in [0.5, 0.6) is 0 Å². The predicted octanol–water partition coefficient (Wildman–Crippen LogP) is 4.26. The quantitative estimate of drug-likeness (QED) is 0.759. The maximum Gasteiger partial charge on any atom is 0.226 e. The van der Waals surface area contributed by atoms with Crippen molar-refractivity contribution in [2.45, 2.75) is 82.0 Å². The molecule has 0 radical (unpaired) electrons. The average molecular weight is 310 g/mol. The second kappa shape index (κ2) is 4.88. The summed E-state index contributed by atoms with van der Waals surface area (Å²) in [6.07, 6.45) is 11.6. The van der Waals surface area contributed by atoms with Crippen molar-refractivity contribution in [1.82, 2.24) is 5.32 Å². The molecule has 4 bridgehead atoms. The molecule has 0 saturated heterocycles. The Balaban J connectivity index is 1.46. The lowest BCUT2D eigenvalue weighted by molar-refractivity contribution is -0.145. The SMILES string of the molecule is CC1CCC(NC(=O)C23CC4CC(CC(Cl)(C4)C2)C3)CC1. The zero-order valence-corrected chi connectivity index (χ0v) is 13.9. The van der Waals surface area contributed by atoms with Crippen molar-refractivity contribution < 1.29 is 4.79 Å². The van der Waals surface area contributed by atoms with Crippen LogP contribution in [0.25, 0.3) is 0 Å². The van der Waals surface area contributed by atoms with Gasteiger partial charge < -0.3 is 5.32 Å². The summed E-state index contributed by atoms with van der Waals surface area (Å²) in [5, 5.41) is 3.42. The highest BCUT2D eigenvalue weighted by Gasteiger charge is 2.60. The molecule has 5 saturated carbocycles. The normalized spacial score (nSPS) is 51.9. The topological polar surface area (TPSA) is 29.1 Å². The van der Waals surface area contributed by atoms with Crippen molar-refractivity contribution in [2.75, 3.05) is 0 Å². The van der Waals surface area contributed by atoms with Gasteiger partial charge in [-0.25, -0.2) is 0 Å². The van der Waals surface area contributed by atoms with Gasteiger partial charge in [-0.3, -0.25) is 4.79 Å². The minimum atomic E-state index is -0.116. The number of amides is 1. The first-order valence-corrected chi connectivity index (χ1v) is 9.34. The van der Waals surface area contributed by atoms with Crippen molar-refractivity contribution in [3.8, 4) is 0 Å². The third-order valence-corrected chi connectivity index (χ3v) is 7.26. The van der Waals surface area contributed by atoms with Gasteiger partial charge in [-0.15, -0.1) is 11.6 Å². The van der Waals surface area contributed by atoms with Gasteiger partial charge in [-0.05, 0) is 82.0 Å².